The molecule has 2 aromatic carbocycles. The molecule has 2 saturated carbocycles. The quantitative estimate of drug-likeness (QED) is 0.446. The molecule has 42 heavy (non-hydrogen) atoms. The standard InChI is InChI=1S/C31H29N3O6S2/c35-21(33-10-12-39-13-11-33)15-40-20-9-5-4-8-17(20)22-23-18-14-19(26(23)41-28-27(22)42-31(38)32-28)25-24(18)29(36)34(30(25)37)16-6-2-1-3-7-16/h1-9,18-19,22-26H,10-15H2,(H,32,38)/t18?,19?,22-,23?,24?,25?,26?/m1/s1. The van der Waals surface area contributed by atoms with Crippen LogP contribution in [-0.4, -0.2) is 65.8 Å². The second-order valence-corrected chi connectivity index (χ2v) is 13.8. The molecule has 1 aromatic heterocycles. The van der Waals surface area contributed by atoms with Crippen LogP contribution >= 0.6 is 23.1 Å². The molecule has 3 aromatic rings. The van der Waals surface area contributed by atoms with Gasteiger partial charge in [0.1, 0.15) is 5.75 Å². The van der Waals surface area contributed by atoms with Crippen molar-refractivity contribution in [3.63, 3.8) is 0 Å². The van der Waals surface area contributed by atoms with Crippen LogP contribution in [0.4, 0.5) is 5.69 Å². The van der Waals surface area contributed by atoms with Crippen LogP contribution in [0.5, 0.6) is 5.75 Å². The molecule has 4 heterocycles. The molecular weight excluding hydrogens is 574 g/mol. The average Bonchev–Trinajstić information content (AvgIpc) is 3.75. The van der Waals surface area contributed by atoms with Crippen LogP contribution in [0.3, 0.4) is 0 Å². The minimum absolute atomic E-state index is 0.000974. The number of hydrogen-bond donors (Lipinski definition) is 1. The van der Waals surface area contributed by atoms with Gasteiger partial charge in [-0.25, -0.2) is 0 Å². The van der Waals surface area contributed by atoms with Crippen LogP contribution in [0.15, 0.2) is 64.4 Å². The summed E-state index contributed by atoms with van der Waals surface area (Å²) < 4.78 is 11.6. The molecule has 0 spiro atoms. The minimum atomic E-state index is -0.375. The van der Waals surface area contributed by atoms with Crippen LogP contribution < -0.4 is 14.5 Å². The van der Waals surface area contributed by atoms with E-state index in [0.29, 0.717) is 37.7 Å². The number of aromatic amines is 1. The summed E-state index contributed by atoms with van der Waals surface area (Å²) in [5.41, 5.74) is 1.54. The number of anilines is 1. The molecule has 5 aliphatic rings. The number of carbonyl (C=O) groups is 3. The third-order valence-corrected chi connectivity index (χ3v) is 12.3. The summed E-state index contributed by atoms with van der Waals surface area (Å²) >= 11 is 2.87. The second kappa shape index (κ2) is 10.1. The molecule has 1 N–H and O–H groups in total. The molecule has 2 aliphatic carbocycles. The molecule has 7 atom stereocenters. The first kappa shape index (κ1) is 26.2. The average molecular weight is 604 g/mol. The lowest BCUT2D eigenvalue weighted by atomic mass is 9.68. The Labute approximate surface area is 250 Å². The Hall–Kier alpha value is -3.41. The van der Waals surface area contributed by atoms with E-state index in [-0.39, 0.29) is 70.0 Å². The Morgan fingerprint density at radius 2 is 1.67 bits per heavy atom. The topological polar surface area (TPSA) is 109 Å². The molecule has 2 saturated heterocycles. The van der Waals surface area contributed by atoms with Gasteiger partial charge in [0, 0.05) is 34.7 Å². The van der Waals surface area contributed by atoms with E-state index in [1.54, 1.807) is 16.7 Å². The van der Waals surface area contributed by atoms with Gasteiger partial charge in [-0.3, -0.25) is 24.1 Å². The number of fused-ring (bicyclic) bond motifs is 9. The number of hydrogen-bond acceptors (Lipinski definition) is 8. The highest BCUT2D eigenvalue weighted by Gasteiger charge is 2.69. The first-order chi connectivity index (χ1) is 20.5. The van der Waals surface area contributed by atoms with Gasteiger partial charge in [-0.15, -0.1) is 11.8 Å². The summed E-state index contributed by atoms with van der Waals surface area (Å²) in [5, 5.41) is 0.922. The molecule has 11 heteroatoms. The van der Waals surface area contributed by atoms with Crippen molar-refractivity contribution in [1.82, 2.24) is 9.88 Å². The van der Waals surface area contributed by atoms with E-state index in [4.69, 9.17) is 9.47 Å². The first-order valence-corrected chi connectivity index (χ1v) is 16.1. The zero-order valence-corrected chi connectivity index (χ0v) is 24.3. The minimum Gasteiger partial charge on any atom is -0.483 e. The van der Waals surface area contributed by atoms with Crippen molar-refractivity contribution >= 4 is 46.5 Å². The lowest BCUT2D eigenvalue weighted by Crippen LogP contribution is -2.43. The summed E-state index contributed by atoms with van der Waals surface area (Å²) in [6, 6.07) is 16.9. The zero-order valence-electron chi connectivity index (χ0n) is 22.6. The van der Waals surface area contributed by atoms with Gasteiger partial charge in [0.2, 0.25) is 11.8 Å². The van der Waals surface area contributed by atoms with Crippen LogP contribution in [0.2, 0.25) is 0 Å². The number of nitrogens with zero attached hydrogens (tertiary/aromatic N) is 2. The van der Waals surface area contributed by atoms with Gasteiger partial charge in [0.15, 0.2) is 6.61 Å². The van der Waals surface area contributed by atoms with E-state index in [2.05, 4.69) is 4.98 Å². The maximum Gasteiger partial charge on any atom is 0.305 e. The normalized spacial score (nSPS) is 31.2. The maximum atomic E-state index is 13.9. The smallest absolute Gasteiger partial charge is 0.305 e. The van der Waals surface area contributed by atoms with Gasteiger partial charge in [-0.2, -0.15) is 0 Å². The van der Waals surface area contributed by atoms with E-state index < -0.39 is 0 Å². The lowest BCUT2D eigenvalue weighted by Gasteiger charge is -2.43. The van der Waals surface area contributed by atoms with Crippen LogP contribution in [0.25, 0.3) is 0 Å². The lowest BCUT2D eigenvalue weighted by molar-refractivity contribution is -0.137. The number of thiazole rings is 1. The number of H-pyrrole nitrogens is 1. The fourth-order valence-corrected chi connectivity index (χ4v) is 11.0. The summed E-state index contributed by atoms with van der Waals surface area (Å²) in [4.78, 5) is 60.3. The van der Waals surface area contributed by atoms with Crippen molar-refractivity contribution in [3.8, 4) is 5.75 Å². The molecule has 8 rings (SSSR count). The van der Waals surface area contributed by atoms with Gasteiger partial charge in [-0.05, 0) is 42.4 Å². The molecular formula is C31H29N3O6S2. The van der Waals surface area contributed by atoms with Crippen LogP contribution in [0.1, 0.15) is 22.8 Å². The Kier molecular flexibility index (Phi) is 6.31. The first-order valence-electron chi connectivity index (χ1n) is 14.4. The van der Waals surface area contributed by atoms with Crippen LogP contribution in [-0.2, 0) is 19.1 Å². The monoisotopic (exact) mass is 603 g/mol. The molecule has 6 unspecified atom stereocenters. The number of nitrogens with one attached hydrogen (secondary N) is 1. The molecule has 2 bridgehead atoms. The van der Waals surface area contributed by atoms with E-state index in [9.17, 15) is 19.2 Å². The molecule has 3 aliphatic heterocycles. The molecule has 9 nitrogen and oxygen atoms in total. The van der Waals surface area contributed by atoms with Crippen molar-refractivity contribution < 1.29 is 23.9 Å². The fraction of sp³-hybridized carbons (Fsp3) is 0.419. The van der Waals surface area contributed by atoms with Crippen molar-refractivity contribution in [1.29, 1.82) is 0 Å². The van der Waals surface area contributed by atoms with E-state index >= 15 is 0 Å². The number of imide groups is 1. The molecule has 216 valence electrons. The third kappa shape index (κ3) is 3.93. The molecule has 4 fully saturated rings. The van der Waals surface area contributed by atoms with Gasteiger partial charge in [-0.1, -0.05) is 47.7 Å². The number of amides is 3. The largest absolute Gasteiger partial charge is 0.483 e. The summed E-state index contributed by atoms with van der Waals surface area (Å²) in [6.07, 6.45) is 0.811. The van der Waals surface area contributed by atoms with Gasteiger partial charge in [0.25, 0.3) is 5.91 Å². The Morgan fingerprint density at radius 1 is 0.952 bits per heavy atom. The molecule has 0 radical (unpaired) electrons. The van der Waals surface area contributed by atoms with Crippen molar-refractivity contribution in [2.75, 3.05) is 37.8 Å². The highest BCUT2D eigenvalue weighted by atomic mass is 32.2. The number of rotatable bonds is 5. The van der Waals surface area contributed by atoms with Crippen LogP contribution in [0, 0.1) is 29.6 Å². The third-order valence-electron chi connectivity index (χ3n) is 9.71. The number of morpholine rings is 1. The van der Waals surface area contributed by atoms with Crippen molar-refractivity contribution in [2.45, 2.75) is 22.6 Å². The Bertz CT molecular complexity index is 1630. The van der Waals surface area contributed by atoms with Crippen molar-refractivity contribution in [3.05, 3.63) is 74.7 Å². The number of carbonyl (C=O) groups excluding carboxylic acids is 3. The molecule has 3 amide bonds. The number of thioether (sulfide) groups is 1. The maximum absolute atomic E-state index is 13.9. The van der Waals surface area contributed by atoms with Crippen molar-refractivity contribution in [2.24, 2.45) is 29.6 Å². The van der Waals surface area contributed by atoms with E-state index in [1.165, 1.54) is 16.2 Å². The number of para-hydroxylation sites is 2. The SMILES string of the molecule is O=C(COc1ccccc1[C@H]1c2sc(=O)[nH]c2SC2C3CC(C4C(=O)N(c5ccccc5)C(=O)C34)C21)N1CCOCC1. The number of aromatic nitrogens is 1. The number of ether oxygens (including phenoxy) is 2. The van der Waals surface area contributed by atoms with E-state index in [1.807, 2.05) is 54.6 Å². The highest BCUT2D eigenvalue weighted by Crippen LogP contribution is 2.69. The second-order valence-electron chi connectivity index (χ2n) is 11.6. The number of benzene rings is 2. The van der Waals surface area contributed by atoms with Gasteiger partial charge >= 0.3 is 4.87 Å². The zero-order chi connectivity index (χ0) is 28.5. The Morgan fingerprint density at radius 3 is 2.45 bits per heavy atom. The fourth-order valence-electron chi connectivity index (χ4n) is 8.11. The summed E-state index contributed by atoms with van der Waals surface area (Å²) in [5.74, 6) is -0.509. The predicted molar refractivity (Wildman–Crippen MR) is 157 cm³/mol. The predicted octanol–water partition coefficient (Wildman–Crippen LogP) is 3.35. The Balaban J connectivity index is 1.15. The van der Waals surface area contributed by atoms with E-state index in [0.717, 1.165) is 21.9 Å². The summed E-state index contributed by atoms with van der Waals surface area (Å²) in [7, 11) is 0. The van der Waals surface area contributed by atoms with Gasteiger partial charge in [0.05, 0.1) is 35.8 Å². The summed E-state index contributed by atoms with van der Waals surface area (Å²) in [6.45, 7) is 2.06. The highest BCUT2D eigenvalue weighted by molar-refractivity contribution is 8.00. The van der Waals surface area contributed by atoms with Gasteiger partial charge < -0.3 is 19.4 Å².